The van der Waals surface area contributed by atoms with Crippen LogP contribution in [0.3, 0.4) is 0 Å². The van der Waals surface area contributed by atoms with Crippen molar-refractivity contribution in [1.82, 2.24) is 9.29 Å². The molecule has 2 rings (SSSR count). The van der Waals surface area contributed by atoms with Crippen LogP contribution in [0.1, 0.15) is 27.2 Å². The highest BCUT2D eigenvalue weighted by Crippen LogP contribution is 2.31. The van der Waals surface area contributed by atoms with Gasteiger partial charge in [0.25, 0.3) is 0 Å². The van der Waals surface area contributed by atoms with E-state index in [4.69, 9.17) is 0 Å². The molecule has 6 heteroatoms. The monoisotopic (exact) mass is 358 g/mol. The van der Waals surface area contributed by atoms with Crippen molar-refractivity contribution < 1.29 is 8.42 Å². The maximum atomic E-state index is 12.5. The first-order chi connectivity index (χ1) is 9.21. The minimum Gasteiger partial charge on any atom is -0.262 e. The summed E-state index contributed by atoms with van der Waals surface area (Å²) in [7, 11) is -3.46. The highest BCUT2D eigenvalue weighted by Gasteiger charge is 2.29. The average Bonchev–Trinajstić information content (AvgIpc) is 2.38. The predicted molar refractivity (Wildman–Crippen MR) is 82.9 cm³/mol. The first-order valence-corrected chi connectivity index (χ1v) is 8.75. The van der Waals surface area contributed by atoms with Gasteiger partial charge in [-0.1, -0.05) is 32.4 Å². The molecule has 4 nitrogen and oxygen atoms in total. The van der Waals surface area contributed by atoms with Crippen molar-refractivity contribution >= 4 is 26.0 Å². The van der Waals surface area contributed by atoms with Gasteiger partial charge in [0.2, 0.25) is 10.0 Å². The van der Waals surface area contributed by atoms with Crippen molar-refractivity contribution in [3.8, 4) is 0 Å². The first kappa shape index (κ1) is 15.7. The third-order valence-corrected chi connectivity index (χ3v) is 5.72. The van der Waals surface area contributed by atoms with E-state index in [2.05, 4.69) is 41.7 Å². The summed E-state index contributed by atoms with van der Waals surface area (Å²) in [6.45, 7) is 7.42. The maximum absolute atomic E-state index is 12.5. The smallest absolute Gasteiger partial charge is 0.244 e. The maximum Gasteiger partial charge on any atom is 0.244 e. The van der Waals surface area contributed by atoms with E-state index >= 15 is 0 Å². The lowest BCUT2D eigenvalue weighted by molar-refractivity contribution is 0.389. The molecule has 20 heavy (non-hydrogen) atoms. The fraction of sp³-hybridized carbons (Fsp3) is 0.500. The van der Waals surface area contributed by atoms with E-state index in [1.807, 2.05) is 6.08 Å². The third-order valence-electron chi connectivity index (χ3n) is 3.45. The highest BCUT2D eigenvalue weighted by molar-refractivity contribution is 9.10. The molecule has 0 spiro atoms. The van der Waals surface area contributed by atoms with Crippen LogP contribution in [0, 0.1) is 5.41 Å². The summed E-state index contributed by atoms with van der Waals surface area (Å²) in [6, 6.07) is 1.59. The topological polar surface area (TPSA) is 50.3 Å². The Morgan fingerprint density at radius 1 is 1.30 bits per heavy atom. The Morgan fingerprint density at radius 2 is 2.00 bits per heavy atom. The van der Waals surface area contributed by atoms with Crippen molar-refractivity contribution in [3.63, 3.8) is 0 Å². The summed E-state index contributed by atoms with van der Waals surface area (Å²) in [6.07, 6.45) is 5.78. The number of sulfonamides is 1. The van der Waals surface area contributed by atoms with E-state index in [0.29, 0.717) is 17.6 Å². The second-order valence-corrected chi connectivity index (χ2v) is 8.78. The van der Waals surface area contributed by atoms with Crippen LogP contribution < -0.4 is 0 Å². The molecule has 0 atom stereocenters. The van der Waals surface area contributed by atoms with Crippen LogP contribution in [-0.2, 0) is 10.0 Å². The second-order valence-electron chi connectivity index (χ2n) is 5.93. The van der Waals surface area contributed by atoms with Gasteiger partial charge in [0.1, 0.15) is 4.90 Å². The number of hydrogen-bond donors (Lipinski definition) is 0. The molecule has 1 aliphatic rings. The van der Waals surface area contributed by atoms with E-state index < -0.39 is 10.0 Å². The predicted octanol–water partition coefficient (Wildman–Crippen LogP) is 3.21. The molecule has 0 aromatic carbocycles. The number of aromatic nitrogens is 1. The van der Waals surface area contributed by atoms with Gasteiger partial charge in [-0.15, -0.1) is 0 Å². The lowest BCUT2D eigenvalue weighted by Crippen LogP contribution is -2.36. The molecule has 0 fully saturated rings. The number of nitrogens with zero attached hydrogens (tertiary/aromatic N) is 2. The first-order valence-electron chi connectivity index (χ1n) is 6.51. The van der Waals surface area contributed by atoms with Crippen molar-refractivity contribution in [2.75, 3.05) is 13.1 Å². The van der Waals surface area contributed by atoms with Crippen LogP contribution >= 0.6 is 15.9 Å². The number of rotatable bonds is 2. The van der Waals surface area contributed by atoms with E-state index in [1.165, 1.54) is 16.1 Å². The largest absolute Gasteiger partial charge is 0.262 e. The number of pyridine rings is 1. The quantitative estimate of drug-likeness (QED) is 0.762. The Labute approximate surface area is 129 Å². The normalized spacial score (nSPS) is 17.9. The molecule has 0 amide bonds. The second kappa shape index (κ2) is 5.58. The Hall–Kier alpha value is -0.720. The lowest BCUT2D eigenvalue weighted by Gasteiger charge is -2.31. The Kier molecular flexibility index (Phi) is 4.37. The summed E-state index contributed by atoms with van der Waals surface area (Å²) in [4.78, 5) is 4.17. The molecule has 1 aromatic rings. The van der Waals surface area contributed by atoms with Crippen LogP contribution in [0.4, 0.5) is 0 Å². The molecule has 110 valence electrons. The van der Waals surface area contributed by atoms with Gasteiger partial charge in [-0.2, -0.15) is 4.31 Å². The van der Waals surface area contributed by atoms with Gasteiger partial charge in [-0.3, -0.25) is 4.98 Å². The van der Waals surface area contributed by atoms with Crippen molar-refractivity contribution in [3.05, 3.63) is 34.6 Å². The fourth-order valence-electron chi connectivity index (χ4n) is 2.23. The summed E-state index contributed by atoms with van der Waals surface area (Å²) in [5, 5.41) is 0. The zero-order valence-corrected chi connectivity index (χ0v) is 14.3. The molecule has 1 aromatic heterocycles. The summed E-state index contributed by atoms with van der Waals surface area (Å²) >= 11 is 3.26. The minimum absolute atomic E-state index is 0.104. The van der Waals surface area contributed by atoms with Crippen LogP contribution in [-0.4, -0.2) is 30.8 Å². The fourth-order valence-corrected chi connectivity index (χ4v) is 4.12. The molecule has 2 heterocycles. The molecule has 1 aliphatic heterocycles. The molecule has 0 saturated heterocycles. The molecule has 0 radical (unpaired) electrons. The van der Waals surface area contributed by atoms with Gasteiger partial charge in [-0.25, -0.2) is 8.42 Å². The Morgan fingerprint density at radius 3 is 2.50 bits per heavy atom. The summed E-state index contributed by atoms with van der Waals surface area (Å²) in [5.74, 6) is 0. The zero-order chi connectivity index (χ0) is 15.0. The van der Waals surface area contributed by atoms with E-state index in [1.54, 1.807) is 12.3 Å². The van der Waals surface area contributed by atoms with E-state index in [9.17, 15) is 8.42 Å². The molecule has 0 bridgehead atoms. The van der Waals surface area contributed by atoms with E-state index in [0.717, 1.165) is 6.42 Å². The zero-order valence-electron chi connectivity index (χ0n) is 11.9. The van der Waals surface area contributed by atoms with Crippen molar-refractivity contribution in [2.24, 2.45) is 5.41 Å². The Balaban J connectivity index is 2.24. The Bertz CT molecular complexity index is 633. The van der Waals surface area contributed by atoms with Crippen molar-refractivity contribution in [1.29, 1.82) is 0 Å². The van der Waals surface area contributed by atoms with Gasteiger partial charge >= 0.3 is 0 Å². The standard InChI is InChI=1S/C14H19BrN2O2S/c1-14(2,3)11-4-6-17(7-5-11)20(18,19)13-8-12(15)9-16-10-13/h4,8-10H,5-7H2,1-3H3. The third kappa shape index (κ3) is 3.30. The van der Waals surface area contributed by atoms with Gasteiger partial charge in [-0.05, 0) is 33.8 Å². The minimum atomic E-state index is -3.46. The average molecular weight is 359 g/mol. The molecule has 0 aliphatic carbocycles. The van der Waals surface area contributed by atoms with Gasteiger partial charge in [0.05, 0.1) is 0 Å². The van der Waals surface area contributed by atoms with E-state index in [-0.39, 0.29) is 10.3 Å². The summed E-state index contributed by atoms with van der Waals surface area (Å²) < 4.78 is 27.2. The number of halogens is 1. The molecule has 0 unspecified atom stereocenters. The van der Waals surface area contributed by atoms with Crippen LogP contribution in [0.25, 0.3) is 0 Å². The number of hydrogen-bond acceptors (Lipinski definition) is 3. The molecule has 0 N–H and O–H groups in total. The van der Waals surface area contributed by atoms with Crippen LogP contribution in [0.15, 0.2) is 39.5 Å². The highest BCUT2D eigenvalue weighted by atomic mass is 79.9. The van der Waals surface area contributed by atoms with Gasteiger partial charge in [0, 0.05) is 30.0 Å². The SMILES string of the molecule is CC(C)(C)C1=CCN(S(=O)(=O)c2cncc(Br)c2)CC1. The van der Waals surface area contributed by atoms with Crippen molar-refractivity contribution in [2.45, 2.75) is 32.1 Å². The molecular weight excluding hydrogens is 340 g/mol. The summed E-state index contributed by atoms with van der Waals surface area (Å²) in [5.41, 5.74) is 1.42. The molecular formula is C14H19BrN2O2S. The van der Waals surface area contributed by atoms with Gasteiger partial charge < -0.3 is 0 Å². The van der Waals surface area contributed by atoms with Gasteiger partial charge in [0.15, 0.2) is 0 Å². The molecule has 0 saturated carbocycles. The lowest BCUT2D eigenvalue weighted by atomic mass is 9.83. The van der Waals surface area contributed by atoms with Crippen LogP contribution in [0.5, 0.6) is 0 Å². The van der Waals surface area contributed by atoms with Crippen LogP contribution in [0.2, 0.25) is 0 Å².